The Bertz CT molecular complexity index is 466. The normalized spacial score (nSPS) is 10.2. The third-order valence-corrected chi connectivity index (χ3v) is 3.63. The van der Waals surface area contributed by atoms with Crippen LogP contribution in [-0.4, -0.2) is 9.89 Å². The maximum atomic E-state index is 5.50. The quantitative estimate of drug-likeness (QED) is 0.739. The standard InChI is InChI=1S/C17H19NS/c1-2-17(19)18(13-15-9-5-3-6-10-15)14-16-11-7-4-8-12-16/h3-12H,2,13-14H2,1H3. The number of rotatable bonds is 5. The van der Waals surface area contributed by atoms with Crippen molar-refractivity contribution in [2.45, 2.75) is 26.4 Å². The van der Waals surface area contributed by atoms with Gasteiger partial charge in [-0.1, -0.05) is 79.8 Å². The van der Waals surface area contributed by atoms with Crippen LogP contribution in [0.1, 0.15) is 24.5 Å². The summed E-state index contributed by atoms with van der Waals surface area (Å²) in [4.78, 5) is 3.30. The van der Waals surface area contributed by atoms with E-state index in [4.69, 9.17) is 12.2 Å². The molecule has 0 atom stereocenters. The highest BCUT2D eigenvalue weighted by Gasteiger charge is 2.09. The van der Waals surface area contributed by atoms with Gasteiger partial charge < -0.3 is 4.90 Å². The van der Waals surface area contributed by atoms with Gasteiger partial charge in [0.25, 0.3) is 0 Å². The number of benzene rings is 2. The Morgan fingerprint density at radius 2 is 1.26 bits per heavy atom. The van der Waals surface area contributed by atoms with Gasteiger partial charge in [0.1, 0.15) is 0 Å². The van der Waals surface area contributed by atoms with Crippen molar-refractivity contribution in [3.63, 3.8) is 0 Å². The topological polar surface area (TPSA) is 3.24 Å². The van der Waals surface area contributed by atoms with Crippen LogP contribution in [0.5, 0.6) is 0 Å². The van der Waals surface area contributed by atoms with Crippen molar-refractivity contribution in [1.82, 2.24) is 4.90 Å². The van der Waals surface area contributed by atoms with Crippen LogP contribution in [0.3, 0.4) is 0 Å². The SMILES string of the molecule is CCC(=S)N(Cc1ccccc1)Cc1ccccc1. The van der Waals surface area contributed by atoms with Crippen LogP contribution in [0.15, 0.2) is 60.7 Å². The molecule has 0 amide bonds. The minimum absolute atomic E-state index is 0.877. The minimum atomic E-state index is 0.877. The molecular formula is C17H19NS. The summed E-state index contributed by atoms with van der Waals surface area (Å²) in [5.41, 5.74) is 2.60. The maximum Gasteiger partial charge on any atom is 0.0782 e. The lowest BCUT2D eigenvalue weighted by molar-refractivity contribution is 0.407. The first kappa shape index (κ1) is 13.8. The van der Waals surface area contributed by atoms with E-state index in [1.807, 2.05) is 12.1 Å². The van der Waals surface area contributed by atoms with Crippen LogP contribution in [0, 0.1) is 0 Å². The van der Waals surface area contributed by atoms with Crippen molar-refractivity contribution in [3.05, 3.63) is 71.8 Å². The van der Waals surface area contributed by atoms with E-state index < -0.39 is 0 Å². The van der Waals surface area contributed by atoms with Gasteiger partial charge >= 0.3 is 0 Å². The molecule has 2 rings (SSSR count). The Morgan fingerprint density at radius 3 is 1.63 bits per heavy atom. The van der Waals surface area contributed by atoms with Crippen molar-refractivity contribution < 1.29 is 0 Å². The molecule has 0 aromatic heterocycles. The smallest absolute Gasteiger partial charge is 0.0782 e. The summed E-state index contributed by atoms with van der Waals surface area (Å²) in [6.45, 7) is 3.87. The van der Waals surface area contributed by atoms with Crippen LogP contribution >= 0.6 is 12.2 Å². The fraction of sp³-hybridized carbons (Fsp3) is 0.235. The van der Waals surface area contributed by atoms with Crippen molar-refractivity contribution in [2.24, 2.45) is 0 Å². The van der Waals surface area contributed by atoms with Gasteiger partial charge in [-0.3, -0.25) is 0 Å². The molecule has 2 aromatic rings. The Labute approximate surface area is 120 Å². The van der Waals surface area contributed by atoms with Crippen molar-refractivity contribution in [3.8, 4) is 0 Å². The Balaban J connectivity index is 2.10. The molecule has 0 aliphatic carbocycles. The van der Waals surface area contributed by atoms with Crippen molar-refractivity contribution in [1.29, 1.82) is 0 Å². The number of hydrogen-bond donors (Lipinski definition) is 0. The molecule has 0 bridgehead atoms. The molecular weight excluding hydrogens is 250 g/mol. The third-order valence-electron chi connectivity index (χ3n) is 3.09. The maximum absolute atomic E-state index is 5.50. The highest BCUT2D eigenvalue weighted by molar-refractivity contribution is 7.80. The fourth-order valence-corrected chi connectivity index (χ4v) is 2.19. The van der Waals surface area contributed by atoms with Gasteiger partial charge in [-0.25, -0.2) is 0 Å². The zero-order valence-corrected chi connectivity index (χ0v) is 12.1. The molecule has 0 N–H and O–H groups in total. The summed E-state index contributed by atoms with van der Waals surface area (Å²) in [6, 6.07) is 21.0. The summed E-state index contributed by atoms with van der Waals surface area (Å²) in [6.07, 6.45) is 0.912. The lowest BCUT2D eigenvalue weighted by Crippen LogP contribution is -2.27. The van der Waals surface area contributed by atoms with Gasteiger partial charge in [-0.05, 0) is 17.5 Å². The predicted molar refractivity (Wildman–Crippen MR) is 85.0 cm³/mol. The first-order chi connectivity index (χ1) is 9.29. The zero-order chi connectivity index (χ0) is 13.5. The summed E-state index contributed by atoms with van der Waals surface area (Å²) < 4.78 is 0. The van der Waals surface area contributed by atoms with Gasteiger partial charge in [0, 0.05) is 13.1 Å². The Morgan fingerprint density at radius 1 is 0.842 bits per heavy atom. The van der Waals surface area contributed by atoms with E-state index in [-0.39, 0.29) is 0 Å². The van der Waals surface area contributed by atoms with Crippen molar-refractivity contribution in [2.75, 3.05) is 0 Å². The van der Waals surface area contributed by atoms with Gasteiger partial charge in [-0.15, -0.1) is 0 Å². The number of nitrogens with zero attached hydrogens (tertiary/aromatic N) is 1. The molecule has 98 valence electrons. The zero-order valence-electron chi connectivity index (χ0n) is 11.3. The first-order valence-corrected chi connectivity index (χ1v) is 7.06. The average Bonchev–Trinajstić information content (AvgIpc) is 2.48. The van der Waals surface area contributed by atoms with E-state index in [0.29, 0.717) is 0 Å². The highest BCUT2D eigenvalue weighted by atomic mass is 32.1. The molecule has 0 heterocycles. The van der Waals surface area contributed by atoms with Crippen LogP contribution < -0.4 is 0 Å². The van der Waals surface area contributed by atoms with Crippen LogP contribution in [0.4, 0.5) is 0 Å². The molecule has 0 fully saturated rings. The lowest BCUT2D eigenvalue weighted by Gasteiger charge is -2.25. The average molecular weight is 269 g/mol. The summed E-state index contributed by atoms with van der Waals surface area (Å²) in [5, 5.41) is 0. The molecule has 0 radical (unpaired) electrons. The van der Waals surface area contributed by atoms with Gasteiger partial charge in [0.2, 0.25) is 0 Å². The number of thiocarbonyl (C=S) groups is 1. The fourth-order valence-electron chi connectivity index (χ4n) is 2.06. The molecule has 0 unspecified atom stereocenters. The second-order valence-corrected chi connectivity index (χ2v) is 5.05. The summed E-state index contributed by atoms with van der Waals surface area (Å²) >= 11 is 5.50. The van der Waals surface area contributed by atoms with E-state index in [1.54, 1.807) is 0 Å². The van der Waals surface area contributed by atoms with E-state index in [1.165, 1.54) is 11.1 Å². The van der Waals surface area contributed by atoms with Crippen LogP contribution in [-0.2, 0) is 13.1 Å². The van der Waals surface area contributed by atoms with Crippen molar-refractivity contribution >= 4 is 17.2 Å². The summed E-state index contributed by atoms with van der Waals surface area (Å²) in [5.74, 6) is 0. The van der Waals surface area contributed by atoms with E-state index in [9.17, 15) is 0 Å². The molecule has 2 aromatic carbocycles. The molecule has 0 spiro atoms. The van der Waals surface area contributed by atoms with E-state index >= 15 is 0 Å². The monoisotopic (exact) mass is 269 g/mol. The molecule has 0 aliphatic rings. The first-order valence-electron chi connectivity index (χ1n) is 6.65. The largest absolute Gasteiger partial charge is 0.358 e. The minimum Gasteiger partial charge on any atom is -0.358 e. The molecule has 19 heavy (non-hydrogen) atoms. The Kier molecular flexibility index (Phi) is 5.10. The van der Waals surface area contributed by atoms with Gasteiger partial charge in [0.05, 0.1) is 4.99 Å². The second-order valence-electron chi connectivity index (χ2n) is 4.57. The summed E-state index contributed by atoms with van der Waals surface area (Å²) in [7, 11) is 0. The van der Waals surface area contributed by atoms with Crippen LogP contribution in [0.2, 0.25) is 0 Å². The molecule has 0 aliphatic heterocycles. The Hall–Kier alpha value is -1.67. The molecule has 1 nitrogen and oxygen atoms in total. The van der Waals surface area contributed by atoms with Gasteiger partial charge in [0.15, 0.2) is 0 Å². The molecule has 2 heteroatoms. The predicted octanol–water partition coefficient (Wildman–Crippen LogP) is 4.43. The van der Waals surface area contributed by atoms with E-state index in [0.717, 1.165) is 24.5 Å². The van der Waals surface area contributed by atoms with E-state index in [2.05, 4.69) is 60.4 Å². The second kappa shape index (κ2) is 7.05. The lowest BCUT2D eigenvalue weighted by atomic mass is 10.1. The van der Waals surface area contributed by atoms with Gasteiger partial charge in [-0.2, -0.15) is 0 Å². The third kappa shape index (κ3) is 4.18. The molecule has 0 saturated carbocycles. The van der Waals surface area contributed by atoms with Crippen LogP contribution in [0.25, 0.3) is 0 Å². The molecule has 0 saturated heterocycles. The number of hydrogen-bond acceptors (Lipinski definition) is 1. The highest BCUT2D eigenvalue weighted by Crippen LogP contribution is 2.12.